The Labute approximate surface area is 125 Å². The zero-order valence-corrected chi connectivity index (χ0v) is 12.7. The van der Waals surface area contributed by atoms with Gasteiger partial charge in [-0.15, -0.1) is 11.6 Å². The molecule has 20 heavy (non-hydrogen) atoms. The van der Waals surface area contributed by atoms with Gasteiger partial charge in [0.2, 0.25) is 0 Å². The molecule has 0 heterocycles. The normalized spacial score (nSPS) is 11.0. The number of rotatable bonds is 5. The summed E-state index contributed by atoms with van der Waals surface area (Å²) in [5, 5.41) is 2.25. The van der Waals surface area contributed by atoms with Crippen molar-refractivity contribution < 1.29 is 4.79 Å². The number of nitrogens with zero attached hydrogens (tertiary/aromatic N) is 1. The summed E-state index contributed by atoms with van der Waals surface area (Å²) in [5.41, 5.74) is 0.743. The smallest absolute Gasteiger partial charge is 0.254 e. The highest BCUT2D eigenvalue weighted by Crippen LogP contribution is 2.18. The first-order chi connectivity index (χ1) is 9.63. The van der Waals surface area contributed by atoms with Gasteiger partial charge in [0, 0.05) is 24.0 Å². The molecule has 0 N–H and O–H groups in total. The Bertz CT molecular complexity index is 594. The molecule has 2 aromatic rings. The predicted molar refractivity (Wildman–Crippen MR) is 85.5 cm³/mol. The number of hydrogen-bond acceptors (Lipinski definition) is 1. The topological polar surface area (TPSA) is 20.3 Å². The first kappa shape index (κ1) is 14.9. The van der Waals surface area contributed by atoms with Gasteiger partial charge in [0.05, 0.1) is 0 Å². The second kappa shape index (κ2) is 6.76. The van der Waals surface area contributed by atoms with E-state index in [1.54, 1.807) is 0 Å². The number of carbonyl (C=O) groups is 1. The van der Waals surface area contributed by atoms with E-state index in [1.807, 2.05) is 55.1 Å². The quantitative estimate of drug-likeness (QED) is 0.751. The molecule has 0 radical (unpaired) electrons. The summed E-state index contributed by atoms with van der Waals surface area (Å²) in [7, 11) is 0. The fraction of sp³-hybridized carbons (Fsp3) is 0.353. The lowest BCUT2D eigenvalue weighted by atomic mass is 10.1. The number of fused-ring (bicyclic) bond motifs is 1. The molecule has 106 valence electrons. The molecule has 2 rings (SSSR count). The van der Waals surface area contributed by atoms with Crippen LogP contribution in [0.2, 0.25) is 0 Å². The molecule has 2 nitrogen and oxygen atoms in total. The van der Waals surface area contributed by atoms with Crippen LogP contribution < -0.4 is 0 Å². The van der Waals surface area contributed by atoms with E-state index in [2.05, 4.69) is 6.07 Å². The molecule has 0 aliphatic rings. The lowest BCUT2D eigenvalue weighted by Gasteiger charge is -2.26. The lowest BCUT2D eigenvalue weighted by Crippen LogP contribution is -2.37. The molecule has 0 saturated carbocycles. The molecule has 0 aromatic heterocycles. The Hall–Kier alpha value is -1.54. The monoisotopic (exact) mass is 289 g/mol. The zero-order chi connectivity index (χ0) is 14.5. The summed E-state index contributed by atoms with van der Waals surface area (Å²) in [6.45, 7) is 4.77. The SMILES string of the molecule is CC(C)N(CCCCl)C(=O)c1ccc2ccccc2c1. The summed E-state index contributed by atoms with van der Waals surface area (Å²) in [6, 6.07) is 14.1. The standard InChI is InChI=1S/C17H20ClNO/c1-13(2)19(11-5-10-18)17(20)16-9-8-14-6-3-4-7-15(14)12-16/h3-4,6-9,12-13H,5,10-11H2,1-2H3. The van der Waals surface area contributed by atoms with Gasteiger partial charge in [-0.3, -0.25) is 4.79 Å². The van der Waals surface area contributed by atoms with Crippen molar-refractivity contribution in [2.45, 2.75) is 26.3 Å². The first-order valence-corrected chi connectivity index (χ1v) is 7.52. The van der Waals surface area contributed by atoms with Crippen LogP contribution in [0.1, 0.15) is 30.6 Å². The minimum atomic E-state index is 0.0795. The number of carbonyl (C=O) groups excluding carboxylic acids is 1. The van der Waals surface area contributed by atoms with E-state index in [9.17, 15) is 4.79 Å². The van der Waals surface area contributed by atoms with Gasteiger partial charge in [-0.25, -0.2) is 0 Å². The van der Waals surface area contributed by atoms with Crippen LogP contribution in [0.3, 0.4) is 0 Å². The predicted octanol–water partition coefficient (Wildman–Crippen LogP) is 4.32. The number of hydrogen-bond donors (Lipinski definition) is 0. The molecule has 3 heteroatoms. The number of benzene rings is 2. The molecular weight excluding hydrogens is 270 g/mol. The van der Waals surface area contributed by atoms with Crippen molar-refractivity contribution in [3.05, 3.63) is 48.0 Å². The van der Waals surface area contributed by atoms with Gasteiger partial charge in [0.1, 0.15) is 0 Å². The summed E-state index contributed by atoms with van der Waals surface area (Å²) < 4.78 is 0. The zero-order valence-electron chi connectivity index (χ0n) is 12.0. The van der Waals surface area contributed by atoms with E-state index in [0.717, 1.165) is 22.8 Å². The highest BCUT2D eigenvalue weighted by molar-refractivity contribution is 6.17. The molecular formula is C17H20ClNO. The molecule has 0 spiro atoms. The maximum atomic E-state index is 12.6. The summed E-state index contributed by atoms with van der Waals surface area (Å²) in [5.74, 6) is 0.657. The van der Waals surface area contributed by atoms with Crippen LogP contribution >= 0.6 is 11.6 Å². The van der Waals surface area contributed by atoms with Crippen LogP contribution in [-0.2, 0) is 0 Å². The van der Waals surface area contributed by atoms with Gasteiger partial charge in [0.15, 0.2) is 0 Å². The van der Waals surface area contributed by atoms with Crippen LogP contribution in [0, 0.1) is 0 Å². The summed E-state index contributed by atoms with van der Waals surface area (Å²) >= 11 is 5.74. The van der Waals surface area contributed by atoms with E-state index < -0.39 is 0 Å². The molecule has 0 atom stereocenters. The average Bonchev–Trinajstić information content (AvgIpc) is 2.46. The van der Waals surface area contributed by atoms with E-state index >= 15 is 0 Å². The Kier molecular flexibility index (Phi) is 5.02. The minimum Gasteiger partial charge on any atom is -0.336 e. The summed E-state index contributed by atoms with van der Waals surface area (Å²) in [4.78, 5) is 14.5. The van der Waals surface area contributed by atoms with Gasteiger partial charge in [-0.2, -0.15) is 0 Å². The molecule has 0 fully saturated rings. The fourth-order valence-electron chi connectivity index (χ4n) is 2.31. The number of halogens is 1. The van der Waals surface area contributed by atoms with Gasteiger partial charge in [0.25, 0.3) is 5.91 Å². The Morgan fingerprint density at radius 1 is 1.15 bits per heavy atom. The maximum absolute atomic E-state index is 12.6. The Morgan fingerprint density at radius 3 is 2.50 bits per heavy atom. The molecule has 0 aliphatic carbocycles. The molecule has 0 unspecified atom stereocenters. The molecule has 0 saturated heterocycles. The second-order valence-electron chi connectivity index (χ2n) is 5.20. The van der Waals surface area contributed by atoms with Crippen molar-refractivity contribution >= 4 is 28.3 Å². The lowest BCUT2D eigenvalue weighted by molar-refractivity contribution is 0.0706. The van der Waals surface area contributed by atoms with Crippen molar-refractivity contribution in [3.63, 3.8) is 0 Å². The van der Waals surface area contributed by atoms with E-state index in [0.29, 0.717) is 12.4 Å². The Balaban J connectivity index is 2.28. The van der Waals surface area contributed by atoms with Gasteiger partial charge < -0.3 is 4.90 Å². The van der Waals surface area contributed by atoms with Crippen molar-refractivity contribution in [2.75, 3.05) is 12.4 Å². The van der Waals surface area contributed by atoms with E-state index in [1.165, 1.54) is 0 Å². The van der Waals surface area contributed by atoms with Crippen LogP contribution in [0.4, 0.5) is 0 Å². The van der Waals surface area contributed by atoms with Gasteiger partial charge in [-0.05, 0) is 43.2 Å². The van der Waals surface area contributed by atoms with E-state index in [-0.39, 0.29) is 11.9 Å². The fourth-order valence-corrected chi connectivity index (χ4v) is 2.43. The number of alkyl halides is 1. The third kappa shape index (κ3) is 3.31. The van der Waals surface area contributed by atoms with Crippen LogP contribution in [0.25, 0.3) is 10.8 Å². The van der Waals surface area contributed by atoms with Crippen molar-refractivity contribution in [1.82, 2.24) is 4.90 Å². The number of amides is 1. The molecule has 0 aliphatic heterocycles. The van der Waals surface area contributed by atoms with Crippen molar-refractivity contribution in [3.8, 4) is 0 Å². The highest BCUT2D eigenvalue weighted by atomic mass is 35.5. The van der Waals surface area contributed by atoms with E-state index in [4.69, 9.17) is 11.6 Å². The van der Waals surface area contributed by atoms with Crippen LogP contribution in [-0.4, -0.2) is 29.3 Å². The molecule has 0 bridgehead atoms. The van der Waals surface area contributed by atoms with Gasteiger partial charge in [-0.1, -0.05) is 30.3 Å². The van der Waals surface area contributed by atoms with Crippen LogP contribution in [0.5, 0.6) is 0 Å². The molecule has 2 aromatic carbocycles. The Morgan fingerprint density at radius 2 is 1.85 bits per heavy atom. The highest BCUT2D eigenvalue weighted by Gasteiger charge is 2.18. The van der Waals surface area contributed by atoms with Crippen LogP contribution in [0.15, 0.2) is 42.5 Å². The maximum Gasteiger partial charge on any atom is 0.254 e. The summed E-state index contributed by atoms with van der Waals surface area (Å²) in [6.07, 6.45) is 0.819. The average molecular weight is 290 g/mol. The third-order valence-electron chi connectivity index (χ3n) is 3.41. The molecule has 1 amide bonds. The minimum absolute atomic E-state index is 0.0795. The van der Waals surface area contributed by atoms with Gasteiger partial charge >= 0.3 is 0 Å². The van der Waals surface area contributed by atoms with Crippen molar-refractivity contribution in [2.24, 2.45) is 0 Å². The second-order valence-corrected chi connectivity index (χ2v) is 5.57. The van der Waals surface area contributed by atoms with Crippen molar-refractivity contribution in [1.29, 1.82) is 0 Å². The first-order valence-electron chi connectivity index (χ1n) is 6.99. The third-order valence-corrected chi connectivity index (χ3v) is 3.68. The largest absolute Gasteiger partial charge is 0.336 e.